The molecule has 2 atom stereocenters. The number of nitrogens with one attached hydrogen (secondary N) is 3. The number of benzene rings is 1. The van der Waals surface area contributed by atoms with Crippen molar-refractivity contribution in [2.24, 2.45) is 0 Å². The minimum atomic E-state index is -0.379. The maximum atomic E-state index is 12.9. The van der Waals surface area contributed by atoms with Crippen LogP contribution in [0, 0.1) is 0 Å². The second-order valence-corrected chi connectivity index (χ2v) is 10.1. The van der Waals surface area contributed by atoms with Gasteiger partial charge in [0.25, 0.3) is 0 Å². The third-order valence-electron chi connectivity index (χ3n) is 6.84. The van der Waals surface area contributed by atoms with Gasteiger partial charge >= 0.3 is 0 Å². The van der Waals surface area contributed by atoms with Crippen molar-refractivity contribution in [3.63, 3.8) is 0 Å². The Morgan fingerprint density at radius 3 is 2.78 bits per heavy atom. The normalized spacial score (nSPS) is 18.4. The van der Waals surface area contributed by atoms with Crippen LogP contribution < -0.4 is 10.1 Å². The zero-order valence-corrected chi connectivity index (χ0v) is 21.2. The molecule has 0 aliphatic carbocycles. The van der Waals surface area contributed by atoms with E-state index in [0.717, 1.165) is 48.1 Å². The van der Waals surface area contributed by atoms with Crippen molar-refractivity contribution in [3.8, 4) is 17.3 Å². The number of hydrogen-bond acceptors (Lipinski definition) is 6. The molecule has 1 amide bonds. The fraction of sp³-hybridized carbons (Fsp3) is 0.360. The average molecular weight is 526 g/mol. The highest BCUT2D eigenvalue weighted by Gasteiger charge is 2.32. The molecule has 2 aliphatic heterocycles. The van der Waals surface area contributed by atoms with Gasteiger partial charge in [0.1, 0.15) is 17.5 Å². The summed E-state index contributed by atoms with van der Waals surface area (Å²) in [7, 11) is 0. The van der Waals surface area contributed by atoms with Crippen LogP contribution >= 0.6 is 23.2 Å². The van der Waals surface area contributed by atoms with Gasteiger partial charge in [0.05, 0.1) is 46.1 Å². The van der Waals surface area contributed by atoms with E-state index in [4.69, 9.17) is 32.9 Å². The second kappa shape index (κ2) is 9.38. The Labute approximate surface area is 217 Å². The molecule has 1 saturated heterocycles. The number of pyridine rings is 1. The molecular formula is C25H25Cl2N7O2. The second-order valence-electron chi connectivity index (χ2n) is 9.26. The monoisotopic (exact) mass is 525 g/mol. The first kappa shape index (κ1) is 23.3. The highest BCUT2D eigenvalue weighted by molar-refractivity contribution is 6.35. The molecule has 0 spiro atoms. The smallest absolute Gasteiger partial charge is 0.240 e. The van der Waals surface area contributed by atoms with Gasteiger partial charge in [-0.3, -0.25) is 14.9 Å². The summed E-state index contributed by atoms with van der Waals surface area (Å²) in [6, 6.07) is 5.62. The minimum Gasteiger partial charge on any atom is -0.486 e. The van der Waals surface area contributed by atoms with E-state index in [1.807, 2.05) is 30.0 Å². The molecule has 1 fully saturated rings. The predicted molar refractivity (Wildman–Crippen MR) is 137 cm³/mol. The van der Waals surface area contributed by atoms with Gasteiger partial charge in [0.2, 0.25) is 5.91 Å². The van der Waals surface area contributed by atoms with Gasteiger partial charge in [0, 0.05) is 23.3 Å². The fourth-order valence-corrected chi connectivity index (χ4v) is 5.68. The number of rotatable bonds is 5. The molecule has 36 heavy (non-hydrogen) atoms. The number of carbonyl (C=O) groups excluding carboxylic acids is 1. The van der Waals surface area contributed by atoms with Crippen LogP contribution in [0.4, 0.5) is 0 Å². The average Bonchev–Trinajstić information content (AvgIpc) is 3.57. The summed E-state index contributed by atoms with van der Waals surface area (Å²) in [4.78, 5) is 26.9. The Balaban J connectivity index is 1.22. The van der Waals surface area contributed by atoms with Gasteiger partial charge in [0.15, 0.2) is 5.82 Å². The standard InChI is InChI=1S/C25H25Cl2N7O2/c1-13(22-16(26)9-28-10-17(22)27)36-14-5-6-18-15(8-14)23(33-32-18)24-30-20-11-34(12-21(20)31-24)25(35)19-4-2-3-7-29-19/h5-6,8-10,13,19,29H,2-4,7,11-12H2,1H3,(H,30,31)(H,32,33)/t13?,19-/m0/s1. The Hall–Kier alpha value is -3.14. The number of fused-ring (bicyclic) bond motifs is 2. The summed E-state index contributed by atoms with van der Waals surface area (Å²) >= 11 is 12.6. The van der Waals surface area contributed by atoms with Crippen LogP contribution in [0.15, 0.2) is 30.6 Å². The zero-order chi connectivity index (χ0) is 24.8. The van der Waals surface area contributed by atoms with Gasteiger partial charge in [-0.25, -0.2) is 4.98 Å². The number of halogens is 2. The van der Waals surface area contributed by atoms with Crippen molar-refractivity contribution in [2.45, 2.75) is 51.4 Å². The van der Waals surface area contributed by atoms with Crippen LogP contribution in [0.3, 0.4) is 0 Å². The van der Waals surface area contributed by atoms with E-state index in [1.54, 1.807) is 12.4 Å². The number of carbonyl (C=O) groups is 1. The molecule has 9 nitrogen and oxygen atoms in total. The molecule has 1 unspecified atom stereocenters. The van der Waals surface area contributed by atoms with E-state index >= 15 is 0 Å². The lowest BCUT2D eigenvalue weighted by atomic mass is 10.0. The summed E-state index contributed by atoms with van der Waals surface area (Å²) in [6.07, 6.45) is 5.83. The number of imidazole rings is 1. The maximum absolute atomic E-state index is 12.9. The van der Waals surface area contributed by atoms with E-state index in [2.05, 4.69) is 25.5 Å². The van der Waals surface area contributed by atoms with Crippen LogP contribution in [0.2, 0.25) is 10.0 Å². The number of amides is 1. The first-order chi connectivity index (χ1) is 17.5. The van der Waals surface area contributed by atoms with Crippen LogP contribution in [-0.2, 0) is 17.9 Å². The maximum Gasteiger partial charge on any atom is 0.240 e. The molecule has 11 heteroatoms. The molecular weight excluding hydrogens is 501 g/mol. The van der Waals surface area contributed by atoms with E-state index in [1.165, 1.54) is 0 Å². The number of aromatic nitrogens is 5. The lowest BCUT2D eigenvalue weighted by Crippen LogP contribution is -2.46. The molecule has 3 aromatic heterocycles. The van der Waals surface area contributed by atoms with E-state index in [-0.39, 0.29) is 18.1 Å². The Kier molecular flexibility index (Phi) is 6.07. The van der Waals surface area contributed by atoms with Crippen molar-refractivity contribution in [2.75, 3.05) is 6.54 Å². The highest BCUT2D eigenvalue weighted by atomic mass is 35.5. The highest BCUT2D eigenvalue weighted by Crippen LogP contribution is 2.35. The van der Waals surface area contributed by atoms with Gasteiger partial charge in [-0.15, -0.1) is 0 Å². The van der Waals surface area contributed by atoms with Crippen molar-refractivity contribution >= 4 is 40.0 Å². The van der Waals surface area contributed by atoms with Gasteiger partial charge in [-0.05, 0) is 44.5 Å². The number of ether oxygens (including phenoxy) is 1. The van der Waals surface area contributed by atoms with Crippen LogP contribution in [0.25, 0.3) is 22.4 Å². The molecule has 4 aromatic rings. The van der Waals surface area contributed by atoms with Crippen molar-refractivity contribution in [1.29, 1.82) is 0 Å². The van der Waals surface area contributed by atoms with Crippen molar-refractivity contribution < 1.29 is 9.53 Å². The Morgan fingerprint density at radius 2 is 2.03 bits per heavy atom. The fourth-order valence-electron chi connectivity index (χ4n) is 5.01. The molecule has 2 aliphatic rings. The van der Waals surface area contributed by atoms with Crippen molar-refractivity contribution in [1.82, 2.24) is 35.4 Å². The van der Waals surface area contributed by atoms with Gasteiger partial charge < -0.3 is 19.9 Å². The van der Waals surface area contributed by atoms with Crippen LogP contribution in [0.5, 0.6) is 5.75 Å². The molecule has 0 radical (unpaired) electrons. The summed E-state index contributed by atoms with van der Waals surface area (Å²) < 4.78 is 6.17. The zero-order valence-electron chi connectivity index (χ0n) is 19.6. The summed E-state index contributed by atoms with van der Waals surface area (Å²) in [5.74, 6) is 1.47. The first-order valence-corrected chi connectivity index (χ1v) is 12.8. The van der Waals surface area contributed by atoms with E-state index in [9.17, 15) is 4.79 Å². The molecule has 186 valence electrons. The molecule has 0 saturated carbocycles. The third kappa shape index (κ3) is 4.21. The Morgan fingerprint density at radius 1 is 1.19 bits per heavy atom. The SMILES string of the molecule is CC(Oc1ccc2[nH]nc(-c3nc4c([nH]3)CN(C(=O)[C@@H]3CCCCN3)C4)c2c1)c1c(Cl)cncc1Cl. The first-order valence-electron chi connectivity index (χ1n) is 12.0. The summed E-state index contributed by atoms with van der Waals surface area (Å²) in [5, 5.41) is 12.7. The lowest BCUT2D eigenvalue weighted by Gasteiger charge is -2.27. The van der Waals surface area contributed by atoms with Gasteiger partial charge in [-0.2, -0.15) is 5.10 Å². The van der Waals surface area contributed by atoms with Crippen molar-refractivity contribution in [3.05, 3.63) is 57.6 Å². The quantitative estimate of drug-likeness (QED) is 0.345. The molecule has 5 heterocycles. The summed E-state index contributed by atoms with van der Waals surface area (Å²) in [5.41, 5.74) is 4.08. The third-order valence-corrected chi connectivity index (χ3v) is 7.44. The number of H-pyrrole nitrogens is 2. The number of nitrogens with zero attached hydrogens (tertiary/aromatic N) is 4. The van der Waals surface area contributed by atoms with Crippen LogP contribution in [0.1, 0.15) is 49.2 Å². The van der Waals surface area contributed by atoms with Gasteiger partial charge in [-0.1, -0.05) is 29.6 Å². The predicted octanol–water partition coefficient (Wildman–Crippen LogP) is 4.78. The molecule has 3 N–H and O–H groups in total. The molecule has 6 rings (SSSR count). The number of piperidine rings is 1. The number of aromatic amines is 2. The Bertz CT molecular complexity index is 1400. The minimum absolute atomic E-state index is 0.0877. The number of hydrogen-bond donors (Lipinski definition) is 3. The largest absolute Gasteiger partial charge is 0.486 e. The van der Waals surface area contributed by atoms with Crippen LogP contribution in [-0.4, -0.2) is 48.5 Å². The van der Waals surface area contributed by atoms with E-state index in [0.29, 0.717) is 46.0 Å². The molecule has 0 bridgehead atoms. The lowest BCUT2D eigenvalue weighted by molar-refractivity contribution is -0.134. The molecule has 1 aromatic carbocycles. The summed E-state index contributed by atoms with van der Waals surface area (Å²) in [6.45, 7) is 3.82. The van der Waals surface area contributed by atoms with E-state index < -0.39 is 0 Å². The topological polar surface area (TPSA) is 112 Å².